The molecule has 1 saturated heterocycles. The zero-order valence-corrected chi connectivity index (χ0v) is 9.94. The van der Waals surface area contributed by atoms with E-state index in [-0.39, 0.29) is 5.78 Å². The summed E-state index contributed by atoms with van der Waals surface area (Å²) in [5, 5.41) is 0. The molecule has 1 aromatic heterocycles. The molecular weight excluding hydrogens is 200 g/mol. The maximum Gasteiger partial charge on any atom is 0.178 e. The smallest absolute Gasteiger partial charge is 0.178 e. The molecule has 1 fully saturated rings. The van der Waals surface area contributed by atoms with E-state index in [0.717, 1.165) is 12.2 Å². The van der Waals surface area contributed by atoms with Gasteiger partial charge in [-0.05, 0) is 38.3 Å². The van der Waals surface area contributed by atoms with Crippen molar-refractivity contribution >= 4 is 11.5 Å². The molecule has 1 aromatic rings. The molecule has 0 aliphatic carbocycles. The van der Waals surface area contributed by atoms with Crippen LogP contribution in [0.15, 0.2) is 18.3 Å². The molecule has 2 heterocycles. The van der Waals surface area contributed by atoms with Gasteiger partial charge >= 0.3 is 0 Å². The SMILES string of the molecule is CC(=O)c1ccc(N2CCCCC2C)cn1. The molecule has 0 aromatic carbocycles. The lowest BCUT2D eigenvalue weighted by atomic mass is 10.0. The third kappa shape index (κ3) is 2.23. The van der Waals surface area contributed by atoms with Gasteiger partial charge in [-0.3, -0.25) is 9.78 Å². The topological polar surface area (TPSA) is 33.2 Å². The average molecular weight is 218 g/mol. The second-order valence-corrected chi connectivity index (χ2v) is 4.50. The normalized spacial score (nSPS) is 20.9. The molecular formula is C13H18N2O. The van der Waals surface area contributed by atoms with Gasteiger partial charge in [0.25, 0.3) is 0 Å². The maximum absolute atomic E-state index is 11.1. The van der Waals surface area contributed by atoms with E-state index >= 15 is 0 Å². The zero-order chi connectivity index (χ0) is 11.5. The van der Waals surface area contributed by atoms with Crippen molar-refractivity contribution in [2.24, 2.45) is 0 Å². The van der Waals surface area contributed by atoms with Crippen LogP contribution in [0, 0.1) is 0 Å². The second-order valence-electron chi connectivity index (χ2n) is 4.50. The van der Waals surface area contributed by atoms with E-state index in [9.17, 15) is 4.79 Å². The molecule has 1 unspecified atom stereocenters. The van der Waals surface area contributed by atoms with Gasteiger partial charge in [-0.25, -0.2) is 0 Å². The van der Waals surface area contributed by atoms with Gasteiger partial charge in [0, 0.05) is 19.5 Å². The highest BCUT2D eigenvalue weighted by atomic mass is 16.1. The summed E-state index contributed by atoms with van der Waals surface area (Å²) in [6.45, 7) is 4.89. The number of piperidine rings is 1. The number of nitrogens with zero attached hydrogens (tertiary/aromatic N) is 2. The third-order valence-electron chi connectivity index (χ3n) is 3.24. The number of anilines is 1. The third-order valence-corrected chi connectivity index (χ3v) is 3.24. The van der Waals surface area contributed by atoms with Crippen LogP contribution in [0.5, 0.6) is 0 Å². The Labute approximate surface area is 96.5 Å². The van der Waals surface area contributed by atoms with Crippen molar-refractivity contribution in [1.29, 1.82) is 0 Å². The Kier molecular flexibility index (Phi) is 3.22. The molecule has 0 spiro atoms. The number of aromatic nitrogens is 1. The first-order valence-corrected chi connectivity index (χ1v) is 5.92. The van der Waals surface area contributed by atoms with Gasteiger partial charge in [0.05, 0.1) is 11.9 Å². The van der Waals surface area contributed by atoms with Crippen molar-refractivity contribution in [3.8, 4) is 0 Å². The summed E-state index contributed by atoms with van der Waals surface area (Å²) in [7, 11) is 0. The highest BCUT2D eigenvalue weighted by Gasteiger charge is 2.18. The Hall–Kier alpha value is -1.38. The number of carbonyl (C=O) groups is 1. The summed E-state index contributed by atoms with van der Waals surface area (Å²) in [4.78, 5) is 17.7. The highest BCUT2D eigenvalue weighted by Crippen LogP contribution is 2.23. The molecule has 1 aliphatic heterocycles. The fourth-order valence-electron chi connectivity index (χ4n) is 2.25. The van der Waals surface area contributed by atoms with Crippen LogP contribution in [0.1, 0.15) is 43.6 Å². The Bertz CT molecular complexity index is 372. The van der Waals surface area contributed by atoms with E-state index in [1.165, 1.54) is 19.3 Å². The van der Waals surface area contributed by atoms with E-state index < -0.39 is 0 Å². The number of ketones is 1. The molecule has 2 rings (SSSR count). The first kappa shape index (κ1) is 11.1. The first-order valence-electron chi connectivity index (χ1n) is 5.92. The van der Waals surface area contributed by atoms with Crippen molar-refractivity contribution in [2.45, 2.75) is 39.2 Å². The number of hydrogen-bond donors (Lipinski definition) is 0. The molecule has 0 N–H and O–H groups in total. The van der Waals surface area contributed by atoms with Crippen molar-refractivity contribution in [2.75, 3.05) is 11.4 Å². The van der Waals surface area contributed by atoms with Crippen LogP contribution in [0.4, 0.5) is 5.69 Å². The second kappa shape index (κ2) is 4.64. The predicted octanol–water partition coefficient (Wildman–Crippen LogP) is 2.66. The van der Waals surface area contributed by atoms with Gasteiger partial charge in [-0.1, -0.05) is 0 Å². The van der Waals surface area contributed by atoms with Crippen LogP contribution in [-0.4, -0.2) is 23.4 Å². The van der Waals surface area contributed by atoms with Gasteiger partial charge in [-0.2, -0.15) is 0 Å². The Balaban J connectivity index is 2.17. The summed E-state index contributed by atoms with van der Waals surface area (Å²) in [5.74, 6) is 0.0262. The lowest BCUT2D eigenvalue weighted by molar-refractivity contribution is 0.101. The molecule has 86 valence electrons. The lowest BCUT2D eigenvalue weighted by Crippen LogP contribution is -2.37. The van der Waals surface area contributed by atoms with Gasteiger partial charge in [0.2, 0.25) is 0 Å². The van der Waals surface area contributed by atoms with Crippen LogP contribution >= 0.6 is 0 Å². The van der Waals surface area contributed by atoms with Crippen LogP contribution < -0.4 is 4.90 Å². The van der Waals surface area contributed by atoms with Crippen LogP contribution in [0.3, 0.4) is 0 Å². The molecule has 1 aliphatic rings. The predicted molar refractivity (Wildman–Crippen MR) is 64.9 cm³/mol. The van der Waals surface area contributed by atoms with E-state index in [4.69, 9.17) is 0 Å². The molecule has 0 saturated carbocycles. The number of pyridine rings is 1. The minimum Gasteiger partial charge on any atom is -0.368 e. The minimum atomic E-state index is 0.0262. The van der Waals surface area contributed by atoms with Gasteiger partial charge in [0.1, 0.15) is 5.69 Å². The summed E-state index contributed by atoms with van der Waals surface area (Å²) < 4.78 is 0. The number of hydrogen-bond acceptors (Lipinski definition) is 3. The fraction of sp³-hybridized carbons (Fsp3) is 0.538. The highest BCUT2D eigenvalue weighted by molar-refractivity contribution is 5.92. The number of rotatable bonds is 2. The molecule has 3 nitrogen and oxygen atoms in total. The first-order chi connectivity index (χ1) is 7.68. The summed E-state index contributed by atoms with van der Waals surface area (Å²) in [5.41, 5.74) is 1.69. The monoisotopic (exact) mass is 218 g/mol. The quantitative estimate of drug-likeness (QED) is 0.715. The molecule has 0 bridgehead atoms. The van der Waals surface area contributed by atoms with Crippen LogP contribution in [-0.2, 0) is 0 Å². The van der Waals surface area contributed by atoms with E-state index in [2.05, 4.69) is 16.8 Å². The van der Waals surface area contributed by atoms with Crippen molar-refractivity contribution in [3.05, 3.63) is 24.0 Å². The summed E-state index contributed by atoms with van der Waals surface area (Å²) in [6, 6.07) is 4.41. The molecule has 0 amide bonds. The van der Waals surface area contributed by atoms with Gasteiger partial charge in [-0.15, -0.1) is 0 Å². The molecule has 3 heteroatoms. The van der Waals surface area contributed by atoms with E-state index in [1.807, 2.05) is 18.3 Å². The van der Waals surface area contributed by atoms with Crippen molar-refractivity contribution in [1.82, 2.24) is 4.98 Å². The van der Waals surface area contributed by atoms with Crippen molar-refractivity contribution in [3.63, 3.8) is 0 Å². The summed E-state index contributed by atoms with van der Waals surface area (Å²) >= 11 is 0. The standard InChI is InChI=1S/C13H18N2O/c1-10-5-3-4-8-15(10)12-6-7-13(11(2)16)14-9-12/h6-7,9-10H,3-5,8H2,1-2H3. The number of carbonyl (C=O) groups excluding carboxylic acids is 1. The fourth-order valence-corrected chi connectivity index (χ4v) is 2.25. The van der Waals surface area contributed by atoms with Crippen molar-refractivity contribution < 1.29 is 4.79 Å². The van der Waals surface area contributed by atoms with Gasteiger partial charge < -0.3 is 4.90 Å². The Morgan fingerprint density at radius 3 is 2.81 bits per heavy atom. The van der Waals surface area contributed by atoms with E-state index in [0.29, 0.717) is 11.7 Å². The largest absolute Gasteiger partial charge is 0.368 e. The number of Topliss-reactive ketones (excluding diaryl/α,β-unsaturated/α-hetero) is 1. The Morgan fingerprint density at radius 2 is 2.25 bits per heavy atom. The molecule has 16 heavy (non-hydrogen) atoms. The molecule has 0 radical (unpaired) electrons. The van der Waals surface area contributed by atoms with Gasteiger partial charge in [0.15, 0.2) is 5.78 Å². The molecule has 1 atom stereocenters. The Morgan fingerprint density at radius 1 is 1.44 bits per heavy atom. The zero-order valence-electron chi connectivity index (χ0n) is 9.94. The summed E-state index contributed by atoms with van der Waals surface area (Å²) in [6.07, 6.45) is 5.63. The average Bonchev–Trinajstić information content (AvgIpc) is 2.30. The lowest BCUT2D eigenvalue weighted by Gasteiger charge is -2.35. The van der Waals surface area contributed by atoms with Crippen LogP contribution in [0.2, 0.25) is 0 Å². The van der Waals surface area contributed by atoms with E-state index in [1.54, 1.807) is 6.92 Å². The maximum atomic E-state index is 11.1. The van der Waals surface area contributed by atoms with Crippen LogP contribution in [0.25, 0.3) is 0 Å². The minimum absolute atomic E-state index is 0.0262.